The van der Waals surface area contributed by atoms with Crippen molar-refractivity contribution in [2.75, 3.05) is 43.9 Å². The number of carbonyl (C=O) groups is 1. The summed E-state index contributed by atoms with van der Waals surface area (Å²) in [5, 5.41) is 0. The van der Waals surface area contributed by atoms with Gasteiger partial charge in [0.25, 0.3) is 0 Å². The molecule has 1 fully saturated rings. The lowest BCUT2D eigenvalue weighted by molar-refractivity contribution is -0.908. The molecule has 5 heteroatoms. The van der Waals surface area contributed by atoms with E-state index in [1.807, 2.05) is 6.92 Å². The van der Waals surface area contributed by atoms with Crippen LogP contribution in [0.1, 0.15) is 6.92 Å². The molecule has 1 aliphatic heterocycles. The van der Waals surface area contributed by atoms with Crippen molar-refractivity contribution in [1.82, 2.24) is 0 Å². The number of rotatable bonds is 5. The average Bonchev–Trinajstić information content (AvgIpc) is 2.29. The minimum Gasteiger partial charge on any atom is -0.459 e. The predicted molar refractivity (Wildman–Crippen MR) is 65.4 cm³/mol. The Balaban J connectivity index is 2.07. The Bertz CT molecular complexity index is 195. The zero-order valence-corrected chi connectivity index (χ0v) is 11.3. The highest BCUT2D eigenvalue weighted by Crippen LogP contribution is 2.02. The van der Waals surface area contributed by atoms with E-state index in [0.717, 1.165) is 37.3 Å². The predicted octanol–water partition coefficient (Wildman–Crippen LogP) is -0.484. The zero-order valence-electron chi connectivity index (χ0n) is 9.13. The van der Waals surface area contributed by atoms with E-state index in [4.69, 9.17) is 9.47 Å². The number of morpholine rings is 1. The molecule has 0 aromatic carbocycles. The molecule has 0 bridgehead atoms. The van der Waals surface area contributed by atoms with Gasteiger partial charge in [-0.25, -0.2) is 0 Å². The second kappa shape index (κ2) is 7.40. The maximum absolute atomic E-state index is 11.4. The van der Waals surface area contributed by atoms with Crippen LogP contribution in [0.25, 0.3) is 0 Å². The summed E-state index contributed by atoms with van der Waals surface area (Å²) in [5.74, 6) is -0.0534. The number of esters is 1. The van der Waals surface area contributed by atoms with E-state index in [-0.39, 0.29) is 11.9 Å². The van der Waals surface area contributed by atoms with Crippen molar-refractivity contribution in [2.45, 2.75) is 6.92 Å². The third kappa shape index (κ3) is 5.12. The molecule has 0 radical (unpaired) electrons. The van der Waals surface area contributed by atoms with E-state index in [1.54, 1.807) is 0 Å². The summed E-state index contributed by atoms with van der Waals surface area (Å²) >= 11 is 2.20. The summed E-state index contributed by atoms with van der Waals surface area (Å²) in [5.41, 5.74) is 0. The molecule has 1 N–H and O–H groups in total. The van der Waals surface area contributed by atoms with Crippen LogP contribution < -0.4 is 4.90 Å². The Morgan fingerprint density at radius 1 is 1.53 bits per heavy atom. The summed E-state index contributed by atoms with van der Waals surface area (Å²) in [6, 6.07) is 0. The van der Waals surface area contributed by atoms with Crippen molar-refractivity contribution >= 4 is 28.6 Å². The number of alkyl halides is 1. The van der Waals surface area contributed by atoms with Crippen LogP contribution in [0.2, 0.25) is 0 Å². The Hall–Kier alpha value is 0.120. The lowest BCUT2D eigenvalue weighted by Crippen LogP contribution is -3.14. The third-order valence-electron chi connectivity index (χ3n) is 2.53. The molecular formula is C10H19INO3+. The van der Waals surface area contributed by atoms with Crippen LogP contribution in [0, 0.1) is 5.92 Å². The van der Waals surface area contributed by atoms with E-state index in [1.165, 1.54) is 4.90 Å². The fraction of sp³-hybridized carbons (Fsp3) is 0.900. The topological polar surface area (TPSA) is 40.0 Å². The van der Waals surface area contributed by atoms with Gasteiger partial charge in [0.05, 0.1) is 19.1 Å². The average molecular weight is 328 g/mol. The lowest BCUT2D eigenvalue weighted by Gasteiger charge is -2.23. The van der Waals surface area contributed by atoms with Gasteiger partial charge in [-0.1, -0.05) is 29.5 Å². The number of halogens is 1. The molecule has 1 rings (SSSR count). The van der Waals surface area contributed by atoms with E-state index < -0.39 is 0 Å². The number of carbonyl (C=O) groups excluding carboxylic acids is 1. The standard InChI is InChI=1S/C10H18INO3/c1-9(8-11)10(13)15-7-4-12-2-5-14-6-3-12/h9H,2-8H2,1H3/p+1. The molecule has 1 aliphatic rings. The van der Waals surface area contributed by atoms with Gasteiger partial charge in [-0.2, -0.15) is 0 Å². The quantitative estimate of drug-likeness (QED) is 0.421. The van der Waals surface area contributed by atoms with Gasteiger partial charge in [0.15, 0.2) is 0 Å². The molecule has 1 unspecified atom stereocenters. The summed E-state index contributed by atoms with van der Waals surface area (Å²) in [4.78, 5) is 12.8. The first-order valence-corrected chi connectivity index (χ1v) is 6.90. The first-order valence-electron chi connectivity index (χ1n) is 5.38. The first kappa shape index (κ1) is 13.2. The fourth-order valence-electron chi connectivity index (χ4n) is 1.41. The molecule has 88 valence electrons. The monoisotopic (exact) mass is 328 g/mol. The van der Waals surface area contributed by atoms with Crippen molar-refractivity contribution in [1.29, 1.82) is 0 Å². The van der Waals surface area contributed by atoms with Gasteiger partial charge in [0, 0.05) is 4.43 Å². The second-order valence-corrected chi connectivity index (χ2v) is 4.72. The van der Waals surface area contributed by atoms with Crippen LogP contribution in [0.4, 0.5) is 0 Å². The second-order valence-electron chi connectivity index (χ2n) is 3.84. The summed E-state index contributed by atoms with van der Waals surface area (Å²) in [7, 11) is 0. The molecular weight excluding hydrogens is 309 g/mol. The van der Waals surface area contributed by atoms with Crippen LogP contribution in [0.3, 0.4) is 0 Å². The number of nitrogens with one attached hydrogen (secondary N) is 1. The highest BCUT2D eigenvalue weighted by molar-refractivity contribution is 14.1. The van der Waals surface area contributed by atoms with Gasteiger partial charge in [-0.15, -0.1) is 0 Å². The normalized spacial score (nSPS) is 19.9. The molecule has 4 nitrogen and oxygen atoms in total. The Kier molecular flexibility index (Phi) is 6.51. The zero-order chi connectivity index (χ0) is 11.1. The van der Waals surface area contributed by atoms with Gasteiger partial charge < -0.3 is 14.4 Å². The molecule has 0 aliphatic carbocycles. The van der Waals surface area contributed by atoms with Gasteiger partial charge >= 0.3 is 5.97 Å². The number of hydrogen-bond donors (Lipinski definition) is 1. The van der Waals surface area contributed by atoms with Crippen LogP contribution in [0.5, 0.6) is 0 Å². The van der Waals surface area contributed by atoms with E-state index in [0.29, 0.717) is 6.61 Å². The number of hydrogen-bond acceptors (Lipinski definition) is 3. The maximum Gasteiger partial charge on any atom is 0.309 e. The molecule has 0 aromatic rings. The smallest absolute Gasteiger partial charge is 0.309 e. The van der Waals surface area contributed by atoms with Crippen molar-refractivity contribution in [3.63, 3.8) is 0 Å². The molecule has 0 amide bonds. The summed E-state index contributed by atoms with van der Waals surface area (Å²) in [6.45, 7) is 7.05. The van der Waals surface area contributed by atoms with E-state index in [2.05, 4.69) is 22.6 Å². The number of ether oxygens (including phenoxy) is 2. The van der Waals surface area contributed by atoms with Crippen molar-refractivity contribution < 1.29 is 19.2 Å². The molecule has 15 heavy (non-hydrogen) atoms. The highest BCUT2D eigenvalue weighted by atomic mass is 127. The van der Waals surface area contributed by atoms with Gasteiger partial charge in [-0.05, 0) is 0 Å². The fourth-order valence-corrected chi connectivity index (χ4v) is 1.77. The maximum atomic E-state index is 11.4. The summed E-state index contributed by atoms with van der Waals surface area (Å²) in [6.07, 6.45) is 0. The number of quaternary nitrogens is 1. The molecule has 1 heterocycles. The molecule has 1 saturated heterocycles. The highest BCUT2D eigenvalue weighted by Gasteiger charge is 2.16. The Labute approximate surface area is 104 Å². The SMILES string of the molecule is CC(CI)C(=O)OCC[NH+]1CCOCC1. The van der Waals surface area contributed by atoms with Crippen molar-refractivity contribution in [3.05, 3.63) is 0 Å². The van der Waals surface area contributed by atoms with Crippen LogP contribution in [-0.4, -0.2) is 49.9 Å². The Morgan fingerprint density at radius 3 is 2.80 bits per heavy atom. The molecule has 0 spiro atoms. The third-order valence-corrected chi connectivity index (χ3v) is 3.85. The minimum absolute atomic E-state index is 0.0188. The molecule has 0 saturated carbocycles. The van der Waals surface area contributed by atoms with Gasteiger partial charge in [-0.3, -0.25) is 4.79 Å². The first-order chi connectivity index (χ1) is 7.24. The molecule has 1 atom stereocenters. The molecule has 0 aromatic heterocycles. The Morgan fingerprint density at radius 2 is 2.20 bits per heavy atom. The summed E-state index contributed by atoms with van der Waals surface area (Å²) < 4.78 is 11.3. The van der Waals surface area contributed by atoms with Crippen molar-refractivity contribution in [2.24, 2.45) is 5.92 Å². The van der Waals surface area contributed by atoms with Crippen LogP contribution in [-0.2, 0) is 14.3 Å². The van der Waals surface area contributed by atoms with Crippen LogP contribution >= 0.6 is 22.6 Å². The minimum atomic E-state index is -0.0722. The van der Waals surface area contributed by atoms with Crippen molar-refractivity contribution in [3.8, 4) is 0 Å². The van der Waals surface area contributed by atoms with E-state index in [9.17, 15) is 4.79 Å². The van der Waals surface area contributed by atoms with E-state index >= 15 is 0 Å². The van der Waals surface area contributed by atoms with Crippen LogP contribution in [0.15, 0.2) is 0 Å². The largest absolute Gasteiger partial charge is 0.459 e. The van der Waals surface area contributed by atoms with Gasteiger partial charge in [0.1, 0.15) is 26.2 Å². The lowest BCUT2D eigenvalue weighted by atomic mass is 10.2. The van der Waals surface area contributed by atoms with Gasteiger partial charge in [0.2, 0.25) is 0 Å².